The normalized spacial score (nSPS) is 27.3. The van der Waals surface area contributed by atoms with E-state index in [1.54, 1.807) is 6.92 Å². The first-order chi connectivity index (χ1) is 53.8. The maximum atomic E-state index is 16.2. The number of hydrogen-bond acceptors (Lipinski definition) is 25. The van der Waals surface area contributed by atoms with Crippen LogP contribution in [0.5, 0.6) is 51.7 Å². The SMILES string of the molecule is CCOc1ccc(S(=O)(=O)NC(=O)CC2CNC3C(=O)NC(C(N)=O)c4ccc(O)c(c4)-c4c(OC)cc(O)cc4C(C(=O)NC4C5CC6CC(C5)CC4C6)NC(=O)CC(O)c4ccc(c(Cl)c4)Oc4cc3cc(c4OC3OC(CN)C(O)C(O)C3O)Oc3ccc(cc3Cl)C(O)C(NC(=O)C(CC(C)C)NC)C(=O)N2)cc1. The number of phenolic OH excluding ortho intramolecular Hbond substituents is 2. The highest BCUT2D eigenvalue weighted by Crippen LogP contribution is 2.55. The van der Waals surface area contributed by atoms with E-state index in [-0.39, 0.29) is 108 Å². The Labute approximate surface area is 660 Å². The molecule has 5 aliphatic heterocycles. The molecule has 4 saturated carbocycles. The fourth-order valence-electron chi connectivity index (χ4n) is 16.2. The highest BCUT2D eigenvalue weighted by atomic mass is 35.5. The van der Waals surface area contributed by atoms with Crippen LogP contribution in [0.1, 0.15) is 130 Å². The van der Waals surface area contributed by atoms with E-state index >= 15 is 14.4 Å². The first kappa shape index (κ1) is 82.8. The molecule has 35 heteroatoms. The van der Waals surface area contributed by atoms with Crippen LogP contribution in [0.15, 0.2) is 108 Å². The van der Waals surface area contributed by atoms with E-state index in [2.05, 4.69) is 37.2 Å². The van der Waals surface area contributed by atoms with Crippen molar-refractivity contribution in [3.63, 3.8) is 0 Å². The zero-order chi connectivity index (χ0) is 81.2. The van der Waals surface area contributed by atoms with Crippen LogP contribution in [0, 0.1) is 29.6 Å². The summed E-state index contributed by atoms with van der Waals surface area (Å²) in [6, 6.07) is 10.2. The quantitative estimate of drug-likeness (QED) is 0.0571. The minimum Gasteiger partial charge on any atom is -0.508 e. The number of aromatic hydroxyl groups is 2. The van der Waals surface area contributed by atoms with Gasteiger partial charge in [0.2, 0.25) is 53.4 Å². The second-order valence-electron chi connectivity index (χ2n) is 29.8. The molecule has 0 spiro atoms. The molecule has 5 heterocycles. The lowest BCUT2D eigenvalue weighted by molar-refractivity contribution is -0.270. The van der Waals surface area contributed by atoms with Gasteiger partial charge in [0.1, 0.15) is 89.2 Å². The van der Waals surface area contributed by atoms with Crippen molar-refractivity contribution < 1.29 is 106 Å². The number of amides is 7. The predicted molar refractivity (Wildman–Crippen MR) is 407 cm³/mol. The molecule has 6 aromatic rings. The Kier molecular flexibility index (Phi) is 25.7. The van der Waals surface area contributed by atoms with Gasteiger partial charge in [-0.25, -0.2) is 13.1 Å². The lowest BCUT2D eigenvalue weighted by Gasteiger charge is -2.54. The predicted octanol–water partition coefficient (Wildman–Crippen LogP) is 4.26. The highest BCUT2D eigenvalue weighted by Gasteiger charge is 2.50. The average molecular weight is 1620 g/mol. The van der Waals surface area contributed by atoms with Gasteiger partial charge in [-0.1, -0.05) is 55.2 Å². The summed E-state index contributed by atoms with van der Waals surface area (Å²) < 4.78 is 67.2. The number of sulfonamides is 1. The number of fused-ring (bicyclic) bond motifs is 16. The van der Waals surface area contributed by atoms with Crippen molar-refractivity contribution in [2.75, 3.05) is 33.9 Å². The summed E-state index contributed by atoms with van der Waals surface area (Å²) in [6.45, 7) is 4.43. The number of ether oxygens (including phenoxy) is 6. The van der Waals surface area contributed by atoms with Crippen molar-refractivity contribution in [1.29, 1.82) is 0 Å². The number of halogens is 2. The number of aliphatic hydroxyl groups is 5. The first-order valence-electron chi connectivity index (χ1n) is 37.1. The Morgan fingerprint density at radius 1 is 0.717 bits per heavy atom. The van der Waals surface area contributed by atoms with Crippen molar-refractivity contribution in [3.8, 4) is 62.9 Å². The highest BCUT2D eigenvalue weighted by molar-refractivity contribution is 7.90. The molecule has 6 aromatic carbocycles. The average Bonchev–Trinajstić information content (AvgIpc) is 0.695. The van der Waals surface area contributed by atoms with Crippen LogP contribution in [-0.2, 0) is 48.3 Å². The summed E-state index contributed by atoms with van der Waals surface area (Å²) in [7, 11) is -1.99. The van der Waals surface area contributed by atoms with Crippen LogP contribution in [0.4, 0.5) is 0 Å². The van der Waals surface area contributed by atoms with E-state index in [1.165, 1.54) is 99.1 Å². The minimum absolute atomic E-state index is 0.0106. The molecule has 13 unspecified atom stereocenters. The van der Waals surface area contributed by atoms with Gasteiger partial charge in [-0.2, -0.15) is 0 Å². The van der Waals surface area contributed by atoms with Crippen molar-refractivity contribution in [3.05, 3.63) is 141 Å². The van der Waals surface area contributed by atoms with Crippen LogP contribution in [0.2, 0.25) is 10.0 Å². The molecule has 606 valence electrons. The lowest BCUT2D eigenvalue weighted by Crippen LogP contribution is -2.60. The van der Waals surface area contributed by atoms with Gasteiger partial charge >= 0.3 is 0 Å². The third-order valence-electron chi connectivity index (χ3n) is 21.5. The van der Waals surface area contributed by atoms with Crippen molar-refractivity contribution in [2.24, 2.45) is 41.1 Å². The molecule has 0 aromatic heterocycles. The number of likely N-dealkylation sites (N-methyl/N-ethyl adjacent to an activating group) is 1. The number of primary amides is 1. The zero-order valence-corrected chi connectivity index (χ0v) is 64.5. The van der Waals surface area contributed by atoms with Gasteiger partial charge in [0.25, 0.3) is 10.0 Å². The van der Waals surface area contributed by atoms with E-state index in [0.29, 0.717) is 17.6 Å². The smallest absolute Gasteiger partial charge is 0.264 e. The van der Waals surface area contributed by atoms with E-state index in [9.17, 15) is 63.3 Å². The van der Waals surface area contributed by atoms with Gasteiger partial charge in [0, 0.05) is 42.7 Å². The Morgan fingerprint density at radius 3 is 1.96 bits per heavy atom. The molecule has 1 saturated heterocycles. The number of carbonyl (C=O) groups excluding carboxylic acids is 7. The van der Waals surface area contributed by atoms with Gasteiger partial charge in [0.05, 0.1) is 53.3 Å². The van der Waals surface area contributed by atoms with Crippen LogP contribution in [0.25, 0.3) is 11.1 Å². The fourth-order valence-corrected chi connectivity index (χ4v) is 17.6. The molecule has 0 radical (unpaired) electrons. The third-order valence-corrected chi connectivity index (χ3v) is 23.5. The fraction of sp³-hybridized carbons (Fsp3) is 0.449. The standard InChI is InChI=1S/C78H92Cl2N10O22S/c1-6-108-45-10-12-46(13-11-45)113(105,106)90-61(95)28-43-33-84-65-42-26-57(72(112-78-71(99)70(98)69(97)59(32-81)111-78)58(27-42)110-55-16-9-39(25-50(55)80)68(96)67(77(104)85-43)89-74(101)51(83-4)17-34(2)3)109-54-15-8-37(24-49(54)79)53(93)31-60(94)86-66(76(103)87-63-40-19-35-18-36(21-40)22-41(63)20-35)48-29-44(91)30-56(107-5)62(48)47-23-38(7-14-52(47)92)64(73(82)100)88-75(65)102/h7-16,23-27,29-30,34-36,40-41,43,51,53,59,63-71,78,83-84,91-93,96-99H,6,17-22,28,31-33,81H2,1-5H3,(H2,82,100)(H,85,104)(H,86,94)(H,87,103)(H,88,102)(H,89,101)(H,90,95). The number of nitrogens with two attached hydrogens (primary N) is 2. The number of hydrogen-bond donors (Lipinski definition) is 17. The number of nitrogens with one attached hydrogen (secondary N) is 8. The van der Waals surface area contributed by atoms with Gasteiger partial charge in [-0.05, 0) is 189 Å². The van der Waals surface area contributed by atoms with Gasteiger partial charge < -0.3 is 113 Å². The maximum Gasteiger partial charge on any atom is 0.264 e. The molecule has 7 amide bonds. The minimum atomic E-state index is -4.73. The molecule has 113 heavy (non-hydrogen) atoms. The van der Waals surface area contributed by atoms with Crippen LogP contribution >= 0.6 is 23.2 Å². The summed E-state index contributed by atoms with van der Waals surface area (Å²) in [5, 5.41) is 101. The third kappa shape index (κ3) is 18.5. The largest absolute Gasteiger partial charge is 0.508 e. The number of phenols is 2. The van der Waals surface area contributed by atoms with Crippen molar-refractivity contribution >= 4 is 74.6 Å². The van der Waals surface area contributed by atoms with E-state index in [0.717, 1.165) is 50.3 Å². The number of aliphatic hydroxyl groups excluding tert-OH is 5. The molecule has 13 bridgehead atoms. The van der Waals surface area contributed by atoms with Crippen molar-refractivity contribution in [2.45, 2.75) is 162 Å². The summed E-state index contributed by atoms with van der Waals surface area (Å²) in [5.74, 6) is -9.18. The Bertz CT molecular complexity index is 4690. The van der Waals surface area contributed by atoms with Crippen LogP contribution < -0.4 is 77.1 Å². The molecular formula is C78H92Cl2N10O22S. The molecule has 4 aliphatic carbocycles. The summed E-state index contributed by atoms with van der Waals surface area (Å²) in [4.78, 5) is 105. The molecule has 9 aliphatic rings. The Hall–Kier alpha value is -9.62. The first-order valence-corrected chi connectivity index (χ1v) is 39.3. The van der Waals surface area contributed by atoms with E-state index in [1.807, 2.05) is 18.6 Å². The van der Waals surface area contributed by atoms with Crippen molar-refractivity contribution in [1.82, 2.24) is 41.9 Å². The Balaban J connectivity index is 1.05. The van der Waals surface area contributed by atoms with Gasteiger partial charge in [-0.3, -0.25) is 33.6 Å². The number of benzene rings is 6. The molecule has 5 fully saturated rings. The molecule has 15 rings (SSSR count). The number of methoxy groups -OCH3 is 1. The van der Waals surface area contributed by atoms with Crippen LogP contribution in [-0.4, -0.2) is 174 Å². The molecular weight excluding hydrogens is 1530 g/mol. The van der Waals surface area contributed by atoms with E-state index < -0.39 is 185 Å². The summed E-state index contributed by atoms with van der Waals surface area (Å²) in [5.41, 5.74) is 11.3. The maximum absolute atomic E-state index is 16.2. The second-order valence-corrected chi connectivity index (χ2v) is 32.3. The molecule has 32 nitrogen and oxygen atoms in total. The summed E-state index contributed by atoms with van der Waals surface area (Å²) in [6.07, 6.45) is -9.80. The van der Waals surface area contributed by atoms with E-state index in [4.69, 9.17) is 63.1 Å². The topological polar surface area (TPSA) is 499 Å². The second kappa shape index (κ2) is 35.0. The lowest BCUT2D eigenvalue weighted by atomic mass is 9.54. The Morgan fingerprint density at radius 2 is 1.35 bits per heavy atom. The number of carbonyl (C=O) groups is 7. The molecule has 13 atom stereocenters. The molecule has 19 N–H and O–H groups in total. The van der Waals surface area contributed by atoms with Crippen LogP contribution in [0.3, 0.4) is 0 Å². The zero-order valence-electron chi connectivity index (χ0n) is 62.1. The van der Waals surface area contributed by atoms with Gasteiger partial charge in [-0.15, -0.1) is 0 Å². The summed E-state index contributed by atoms with van der Waals surface area (Å²) >= 11 is 14.2. The number of rotatable bonds is 18. The monoisotopic (exact) mass is 1620 g/mol. The van der Waals surface area contributed by atoms with Gasteiger partial charge in [0.15, 0.2) is 11.5 Å².